The van der Waals surface area contributed by atoms with Gasteiger partial charge in [-0.25, -0.2) is 0 Å². The molecule has 1 aliphatic heterocycles. The van der Waals surface area contributed by atoms with Gasteiger partial charge < -0.3 is 10.0 Å². The number of carbonyl (C=O) groups excluding carboxylic acids is 1. The molecule has 1 aromatic rings. The molecule has 0 spiro atoms. The fraction of sp³-hybridized carbons (Fsp3) is 0.500. The molecular weight excluding hydrogens is 262 g/mol. The zero-order valence-electron chi connectivity index (χ0n) is 12.9. The summed E-state index contributed by atoms with van der Waals surface area (Å²) in [5, 5.41) is 8.79. The van der Waals surface area contributed by atoms with Crippen molar-refractivity contribution in [1.29, 1.82) is 0 Å². The molecule has 1 unspecified atom stereocenters. The lowest BCUT2D eigenvalue weighted by Crippen LogP contribution is -2.35. The lowest BCUT2D eigenvalue weighted by molar-refractivity contribution is 0.0733. The fourth-order valence-electron chi connectivity index (χ4n) is 2.90. The van der Waals surface area contributed by atoms with Gasteiger partial charge in [-0.15, -0.1) is 0 Å². The van der Waals surface area contributed by atoms with Crippen LogP contribution >= 0.6 is 0 Å². The number of carbonyl (C=O) groups is 1. The maximum absolute atomic E-state index is 12.8. The van der Waals surface area contributed by atoms with Gasteiger partial charge in [0.05, 0.1) is 6.61 Å². The molecule has 1 atom stereocenters. The van der Waals surface area contributed by atoms with Gasteiger partial charge in [0.1, 0.15) is 0 Å². The SMILES string of the molecule is CCC1CCCN1C(=O)c1cccc(C#CCCO)c1C. The molecule has 3 heteroatoms. The van der Waals surface area contributed by atoms with Crippen LogP contribution in [0.4, 0.5) is 0 Å². The summed E-state index contributed by atoms with van der Waals surface area (Å²) in [6, 6.07) is 6.08. The molecule has 1 N–H and O–H groups in total. The number of amides is 1. The third kappa shape index (κ3) is 3.46. The summed E-state index contributed by atoms with van der Waals surface area (Å²) in [5.41, 5.74) is 2.57. The lowest BCUT2D eigenvalue weighted by Gasteiger charge is -2.24. The van der Waals surface area contributed by atoms with Crippen molar-refractivity contribution in [1.82, 2.24) is 4.90 Å². The minimum Gasteiger partial charge on any atom is -0.395 e. The van der Waals surface area contributed by atoms with Crippen LogP contribution in [0.25, 0.3) is 0 Å². The quantitative estimate of drug-likeness (QED) is 0.868. The topological polar surface area (TPSA) is 40.5 Å². The molecule has 21 heavy (non-hydrogen) atoms. The van der Waals surface area contributed by atoms with Gasteiger partial charge in [-0.05, 0) is 43.9 Å². The molecule has 0 aromatic heterocycles. The highest BCUT2D eigenvalue weighted by atomic mass is 16.2. The van der Waals surface area contributed by atoms with Crippen molar-refractivity contribution in [3.63, 3.8) is 0 Å². The molecule has 1 aliphatic rings. The summed E-state index contributed by atoms with van der Waals surface area (Å²) >= 11 is 0. The number of hydrogen-bond acceptors (Lipinski definition) is 2. The number of aliphatic hydroxyl groups is 1. The Morgan fingerprint density at radius 1 is 1.48 bits per heavy atom. The summed E-state index contributed by atoms with van der Waals surface area (Å²) in [7, 11) is 0. The van der Waals surface area contributed by atoms with Crippen LogP contribution in [0.5, 0.6) is 0 Å². The van der Waals surface area contributed by atoms with Crippen LogP contribution in [0.1, 0.15) is 54.1 Å². The van der Waals surface area contributed by atoms with E-state index in [9.17, 15) is 4.79 Å². The van der Waals surface area contributed by atoms with Crippen LogP contribution in [0.2, 0.25) is 0 Å². The van der Waals surface area contributed by atoms with Crippen molar-refractivity contribution < 1.29 is 9.90 Å². The van der Waals surface area contributed by atoms with E-state index in [2.05, 4.69) is 18.8 Å². The predicted molar refractivity (Wildman–Crippen MR) is 84.1 cm³/mol. The maximum atomic E-state index is 12.8. The van der Waals surface area contributed by atoms with Gasteiger partial charge in [0, 0.05) is 30.1 Å². The summed E-state index contributed by atoms with van der Waals surface area (Å²) in [5.74, 6) is 6.09. The van der Waals surface area contributed by atoms with E-state index >= 15 is 0 Å². The highest BCUT2D eigenvalue weighted by Crippen LogP contribution is 2.24. The third-order valence-electron chi connectivity index (χ3n) is 4.13. The van der Waals surface area contributed by atoms with Crippen LogP contribution in [-0.4, -0.2) is 35.1 Å². The highest BCUT2D eigenvalue weighted by Gasteiger charge is 2.28. The molecule has 0 bridgehead atoms. The smallest absolute Gasteiger partial charge is 0.254 e. The lowest BCUT2D eigenvalue weighted by atomic mass is 10.0. The molecule has 1 heterocycles. The van der Waals surface area contributed by atoms with E-state index in [0.29, 0.717) is 12.5 Å². The first-order chi connectivity index (χ1) is 10.2. The summed E-state index contributed by atoms with van der Waals surface area (Å²) < 4.78 is 0. The van der Waals surface area contributed by atoms with Crippen LogP contribution in [-0.2, 0) is 0 Å². The van der Waals surface area contributed by atoms with Crippen molar-refractivity contribution >= 4 is 5.91 Å². The van der Waals surface area contributed by atoms with Crippen molar-refractivity contribution in [3.8, 4) is 11.8 Å². The van der Waals surface area contributed by atoms with Crippen molar-refractivity contribution in [2.24, 2.45) is 0 Å². The first kappa shape index (κ1) is 15.6. The van der Waals surface area contributed by atoms with Gasteiger partial charge in [-0.2, -0.15) is 0 Å². The number of hydrogen-bond donors (Lipinski definition) is 1. The number of rotatable bonds is 3. The molecule has 1 saturated heterocycles. The number of aliphatic hydroxyl groups excluding tert-OH is 1. The van der Waals surface area contributed by atoms with E-state index in [1.54, 1.807) is 0 Å². The van der Waals surface area contributed by atoms with E-state index in [4.69, 9.17) is 5.11 Å². The van der Waals surface area contributed by atoms with Gasteiger partial charge in [0.15, 0.2) is 0 Å². The fourth-order valence-corrected chi connectivity index (χ4v) is 2.90. The number of benzene rings is 1. The molecule has 0 radical (unpaired) electrons. The van der Waals surface area contributed by atoms with Crippen molar-refractivity contribution in [3.05, 3.63) is 34.9 Å². The Bertz CT molecular complexity index is 568. The Labute approximate surface area is 127 Å². The Hall–Kier alpha value is -1.79. The predicted octanol–water partition coefficient (Wildman–Crippen LogP) is 2.74. The van der Waals surface area contributed by atoms with Gasteiger partial charge >= 0.3 is 0 Å². The standard InChI is InChI=1S/C18H23NO2/c1-3-16-10-7-12-19(16)18(21)17-11-6-9-15(14(17)2)8-4-5-13-20/h6,9,11,16,20H,3,5,7,10,12-13H2,1-2H3. The average molecular weight is 285 g/mol. The molecule has 112 valence electrons. The monoisotopic (exact) mass is 285 g/mol. The largest absolute Gasteiger partial charge is 0.395 e. The first-order valence-corrected chi connectivity index (χ1v) is 7.69. The molecule has 0 aliphatic carbocycles. The third-order valence-corrected chi connectivity index (χ3v) is 4.13. The van der Waals surface area contributed by atoms with E-state index < -0.39 is 0 Å². The van der Waals surface area contributed by atoms with Gasteiger partial charge in [0.2, 0.25) is 0 Å². The normalized spacial score (nSPS) is 17.5. The maximum Gasteiger partial charge on any atom is 0.254 e. The molecule has 3 nitrogen and oxygen atoms in total. The summed E-state index contributed by atoms with van der Waals surface area (Å²) in [4.78, 5) is 14.8. The van der Waals surface area contributed by atoms with E-state index in [-0.39, 0.29) is 12.5 Å². The minimum atomic E-state index is 0.0661. The van der Waals surface area contributed by atoms with E-state index in [0.717, 1.165) is 42.5 Å². The Kier molecular flexibility index (Phi) is 5.41. The minimum absolute atomic E-state index is 0.0661. The van der Waals surface area contributed by atoms with Gasteiger partial charge in [-0.1, -0.05) is 24.8 Å². The molecule has 0 saturated carbocycles. The van der Waals surface area contributed by atoms with E-state index in [1.165, 1.54) is 0 Å². The second kappa shape index (κ2) is 7.28. The molecule has 2 rings (SSSR count). The van der Waals surface area contributed by atoms with Crippen LogP contribution in [0, 0.1) is 18.8 Å². The first-order valence-electron chi connectivity index (χ1n) is 7.69. The molecule has 1 fully saturated rings. The molecule has 1 aromatic carbocycles. The molecular formula is C18H23NO2. The van der Waals surface area contributed by atoms with Gasteiger partial charge in [0.25, 0.3) is 5.91 Å². The Morgan fingerprint density at radius 3 is 3.00 bits per heavy atom. The van der Waals surface area contributed by atoms with Crippen molar-refractivity contribution in [2.75, 3.05) is 13.2 Å². The number of nitrogens with zero attached hydrogens (tertiary/aromatic N) is 1. The van der Waals surface area contributed by atoms with Crippen LogP contribution in [0.3, 0.4) is 0 Å². The van der Waals surface area contributed by atoms with Crippen LogP contribution in [0.15, 0.2) is 18.2 Å². The zero-order chi connectivity index (χ0) is 15.2. The van der Waals surface area contributed by atoms with Crippen LogP contribution < -0.4 is 0 Å². The van der Waals surface area contributed by atoms with Crippen molar-refractivity contribution in [2.45, 2.75) is 45.6 Å². The number of likely N-dealkylation sites (tertiary alicyclic amines) is 1. The molecule has 1 amide bonds. The average Bonchev–Trinajstić information content (AvgIpc) is 2.97. The second-order valence-electron chi connectivity index (χ2n) is 5.46. The summed E-state index contributed by atoms with van der Waals surface area (Å²) in [6.07, 6.45) is 3.68. The zero-order valence-corrected chi connectivity index (χ0v) is 12.9. The summed E-state index contributed by atoms with van der Waals surface area (Å²) in [6.45, 7) is 5.01. The Morgan fingerprint density at radius 2 is 2.29 bits per heavy atom. The highest BCUT2D eigenvalue weighted by molar-refractivity contribution is 5.96. The second-order valence-corrected chi connectivity index (χ2v) is 5.46. The van der Waals surface area contributed by atoms with Gasteiger partial charge in [-0.3, -0.25) is 4.79 Å². The van der Waals surface area contributed by atoms with E-state index in [1.807, 2.05) is 30.0 Å². The Balaban J connectivity index is 2.26.